The number of hydrazone groups is 1. The molecule has 1 saturated heterocycles. The van der Waals surface area contributed by atoms with E-state index < -0.39 is 0 Å². The maximum atomic E-state index is 12.9. The maximum Gasteiger partial charge on any atom is 0.270 e. The molecular weight excluding hydrogens is 344 g/mol. The van der Waals surface area contributed by atoms with Gasteiger partial charge < -0.3 is 10.2 Å². The second kappa shape index (κ2) is 7.60. The summed E-state index contributed by atoms with van der Waals surface area (Å²) in [5.41, 5.74) is 3.06. The Kier molecular flexibility index (Phi) is 5.19. The van der Waals surface area contributed by atoms with Gasteiger partial charge in [0.1, 0.15) is 5.71 Å². The Balaban J connectivity index is 1.41. The largest absolute Gasteiger partial charge is 0.353 e. The predicted molar refractivity (Wildman–Crippen MR) is 101 cm³/mol. The number of hydrogen-bond acceptors (Lipinski definition) is 4. The van der Waals surface area contributed by atoms with Crippen molar-refractivity contribution in [3.63, 3.8) is 0 Å². The molecule has 4 aliphatic rings. The molecule has 4 rings (SSSR count). The smallest absolute Gasteiger partial charge is 0.270 e. The van der Waals surface area contributed by atoms with Gasteiger partial charge in [-0.15, -0.1) is 0 Å². The Bertz CT molecular complexity index is 650. The van der Waals surface area contributed by atoms with Gasteiger partial charge in [-0.3, -0.25) is 14.4 Å². The van der Waals surface area contributed by atoms with Crippen LogP contribution in [-0.4, -0.2) is 47.5 Å². The first-order valence-electron chi connectivity index (χ1n) is 10.5. The highest BCUT2D eigenvalue weighted by atomic mass is 16.2. The summed E-state index contributed by atoms with van der Waals surface area (Å²) >= 11 is 0. The van der Waals surface area contributed by atoms with E-state index in [1.807, 2.05) is 4.90 Å². The van der Waals surface area contributed by atoms with Gasteiger partial charge in [-0.05, 0) is 43.4 Å². The van der Waals surface area contributed by atoms with E-state index in [1.54, 1.807) is 0 Å². The van der Waals surface area contributed by atoms with Crippen LogP contribution in [0.1, 0.15) is 70.6 Å². The standard InChI is InChI=1S/C20H30N4O3/c25-17(21-15-5-6-15)8-4-14-12-24(13-20(14)10-2-1-3-11-20)19(27)16-7-9-18(26)23-22-16/h14-15H,1-13H2,(H,21,25)(H,23,26). The molecule has 0 radical (unpaired) electrons. The summed E-state index contributed by atoms with van der Waals surface area (Å²) in [5, 5.41) is 7.07. The summed E-state index contributed by atoms with van der Waals surface area (Å²) in [6.07, 6.45) is 10.4. The molecule has 1 spiro atoms. The fraction of sp³-hybridized carbons (Fsp3) is 0.800. The van der Waals surface area contributed by atoms with Crippen LogP contribution in [0.2, 0.25) is 0 Å². The Morgan fingerprint density at radius 3 is 2.63 bits per heavy atom. The number of carbonyl (C=O) groups excluding carboxylic acids is 3. The highest BCUT2D eigenvalue weighted by molar-refractivity contribution is 6.39. The van der Waals surface area contributed by atoms with E-state index in [9.17, 15) is 14.4 Å². The van der Waals surface area contributed by atoms with Gasteiger partial charge in [-0.1, -0.05) is 19.3 Å². The zero-order valence-electron chi connectivity index (χ0n) is 16.0. The minimum absolute atomic E-state index is 0.0371. The molecule has 1 atom stereocenters. The first-order chi connectivity index (χ1) is 13.1. The summed E-state index contributed by atoms with van der Waals surface area (Å²) in [6, 6.07) is 0.405. The molecule has 2 heterocycles. The Labute approximate surface area is 160 Å². The lowest BCUT2D eigenvalue weighted by Gasteiger charge is -2.38. The molecule has 0 bridgehead atoms. The number of hydrogen-bond donors (Lipinski definition) is 2. The highest BCUT2D eigenvalue weighted by Gasteiger charge is 2.48. The lowest BCUT2D eigenvalue weighted by Crippen LogP contribution is -2.40. The van der Waals surface area contributed by atoms with Crippen molar-refractivity contribution >= 4 is 23.4 Å². The van der Waals surface area contributed by atoms with E-state index in [-0.39, 0.29) is 23.1 Å². The van der Waals surface area contributed by atoms with Crippen molar-refractivity contribution in [3.05, 3.63) is 0 Å². The van der Waals surface area contributed by atoms with E-state index in [0.717, 1.165) is 38.6 Å². The third-order valence-electron chi connectivity index (χ3n) is 6.76. The molecule has 1 unspecified atom stereocenters. The zero-order chi connectivity index (χ0) is 18.9. The molecule has 2 aliphatic carbocycles. The average Bonchev–Trinajstić information content (AvgIpc) is 3.42. The molecule has 3 amide bonds. The van der Waals surface area contributed by atoms with Crippen molar-refractivity contribution in [2.45, 2.75) is 76.7 Å². The van der Waals surface area contributed by atoms with Gasteiger partial charge in [-0.2, -0.15) is 5.10 Å². The van der Waals surface area contributed by atoms with Crippen LogP contribution in [0.3, 0.4) is 0 Å². The maximum absolute atomic E-state index is 12.9. The van der Waals surface area contributed by atoms with Crippen LogP contribution >= 0.6 is 0 Å². The Morgan fingerprint density at radius 2 is 1.96 bits per heavy atom. The molecule has 7 nitrogen and oxygen atoms in total. The highest BCUT2D eigenvalue weighted by Crippen LogP contribution is 2.49. The summed E-state index contributed by atoms with van der Waals surface area (Å²) in [5.74, 6) is 0.374. The van der Waals surface area contributed by atoms with Gasteiger partial charge >= 0.3 is 0 Å². The van der Waals surface area contributed by atoms with Crippen molar-refractivity contribution in [3.8, 4) is 0 Å². The Hall–Kier alpha value is -1.92. The topological polar surface area (TPSA) is 90.9 Å². The summed E-state index contributed by atoms with van der Waals surface area (Å²) < 4.78 is 0. The molecule has 27 heavy (non-hydrogen) atoms. The SMILES string of the molecule is O=C1CCC(C(=O)N2CC(CCC(=O)NC3CC3)C3(CCCCC3)C2)=NN1. The molecule has 0 aromatic heterocycles. The van der Waals surface area contributed by atoms with Crippen LogP contribution in [0.5, 0.6) is 0 Å². The van der Waals surface area contributed by atoms with Crippen molar-refractivity contribution in [1.29, 1.82) is 0 Å². The average molecular weight is 374 g/mol. The first-order valence-corrected chi connectivity index (χ1v) is 10.5. The van der Waals surface area contributed by atoms with Crippen LogP contribution in [-0.2, 0) is 14.4 Å². The minimum atomic E-state index is -0.128. The van der Waals surface area contributed by atoms with Gasteiger partial charge in [0.15, 0.2) is 0 Å². The van der Waals surface area contributed by atoms with Gasteiger partial charge in [0.25, 0.3) is 5.91 Å². The fourth-order valence-corrected chi connectivity index (χ4v) is 5.05. The number of rotatable bonds is 5. The number of nitrogens with one attached hydrogen (secondary N) is 2. The third-order valence-corrected chi connectivity index (χ3v) is 6.76. The zero-order valence-corrected chi connectivity index (χ0v) is 16.0. The number of nitrogens with zero attached hydrogens (tertiary/aromatic N) is 2. The molecule has 7 heteroatoms. The number of carbonyl (C=O) groups is 3. The minimum Gasteiger partial charge on any atom is -0.353 e. The quantitative estimate of drug-likeness (QED) is 0.768. The molecule has 0 aromatic rings. The third kappa shape index (κ3) is 4.17. The second-order valence-electron chi connectivity index (χ2n) is 8.78. The summed E-state index contributed by atoms with van der Waals surface area (Å²) in [7, 11) is 0. The van der Waals surface area contributed by atoms with Crippen LogP contribution in [0.25, 0.3) is 0 Å². The molecule has 2 saturated carbocycles. The van der Waals surface area contributed by atoms with Crippen molar-refractivity contribution < 1.29 is 14.4 Å². The second-order valence-corrected chi connectivity index (χ2v) is 8.78. The van der Waals surface area contributed by atoms with Gasteiger partial charge in [0.05, 0.1) is 0 Å². The molecular formula is C20H30N4O3. The van der Waals surface area contributed by atoms with Gasteiger partial charge in [-0.25, -0.2) is 5.43 Å². The van der Waals surface area contributed by atoms with Crippen molar-refractivity contribution in [1.82, 2.24) is 15.6 Å². The molecule has 0 aromatic carbocycles. The van der Waals surface area contributed by atoms with Crippen LogP contribution < -0.4 is 10.7 Å². The van der Waals surface area contributed by atoms with Crippen molar-refractivity contribution in [2.75, 3.05) is 13.1 Å². The van der Waals surface area contributed by atoms with Crippen LogP contribution in [0, 0.1) is 11.3 Å². The normalized spacial score (nSPS) is 27.3. The molecule has 2 N–H and O–H groups in total. The molecule has 148 valence electrons. The molecule has 3 fully saturated rings. The Morgan fingerprint density at radius 1 is 1.19 bits per heavy atom. The van der Waals surface area contributed by atoms with E-state index >= 15 is 0 Å². The van der Waals surface area contributed by atoms with E-state index in [2.05, 4.69) is 15.8 Å². The van der Waals surface area contributed by atoms with E-state index in [4.69, 9.17) is 0 Å². The first kappa shape index (κ1) is 18.4. The summed E-state index contributed by atoms with van der Waals surface area (Å²) in [6.45, 7) is 1.48. The number of amides is 3. The number of likely N-dealkylation sites (tertiary alicyclic amines) is 1. The van der Waals surface area contributed by atoms with E-state index in [1.165, 1.54) is 19.3 Å². The predicted octanol–water partition coefficient (Wildman–Crippen LogP) is 1.72. The van der Waals surface area contributed by atoms with Crippen LogP contribution in [0.4, 0.5) is 0 Å². The van der Waals surface area contributed by atoms with Crippen molar-refractivity contribution in [2.24, 2.45) is 16.4 Å². The summed E-state index contributed by atoms with van der Waals surface area (Å²) in [4.78, 5) is 38.3. The fourth-order valence-electron chi connectivity index (χ4n) is 5.05. The van der Waals surface area contributed by atoms with Crippen LogP contribution in [0.15, 0.2) is 5.10 Å². The lowest BCUT2D eigenvalue weighted by molar-refractivity contribution is -0.124. The van der Waals surface area contributed by atoms with E-state index in [0.29, 0.717) is 43.5 Å². The van der Waals surface area contributed by atoms with Gasteiger partial charge in [0, 0.05) is 38.4 Å². The lowest BCUT2D eigenvalue weighted by atomic mass is 9.66. The van der Waals surface area contributed by atoms with Gasteiger partial charge in [0.2, 0.25) is 11.8 Å². The molecule has 2 aliphatic heterocycles. The monoisotopic (exact) mass is 374 g/mol.